The van der Waals surface area contributed by atoms with Crippen LogP contribution in [0.2, 0.25) is 0 Å². The second kappa shape index (κ2) is 10.6. The Morgan fingerprint density at radius 3 is 2.79 bits per heavy atom. The highest BCUT2D eigenvalue weighted by molar-refractivity contribution is 9.10. The number of aromatic nitrogens is 1. The van der Waals surface area contributed by atoms with Gasteiger partial charge < -0.3 is 20.3 Å². The van der Waals surface area contributed by atoms with Gasteiger partial charge in [0.05, 0.1) is 18.0 Å². The summed E-state index contributed by atoms with van der Waals surface area (Å²) in [6.07, 6.45) is 10.5. The molecule has 0 aromatic carbocycles. The fourth-order valence-corrected chi connectivity index (χ4v) is 6.20. The third-order valence-corrected chi connectivity index (χ3v) is 8.59. The molecule has 34 heavy (non-hydrogen) atoms. The number of halogens is 1. The summed E-state index contributed by atoms with van der Waals surface area (Å²) < 4.78 is 6.58. The van der Waals surface area contributed by atoms with E-state index in [2.05, 4.69) is 36.4 Å². The van der Waals surface area contributed by atoms with Gasteiger partial charge in [-0.3, -0.25) is 9.59 Å². The van der Waals surface area contributed by atoms with Crippen molar-refractivity contribution in [2.45, 2.75) is 70.0 Å². The fraction of sp³-hybridized carbons (Fsp3) is 0.560. The maximum Gasteiger partial charge on any atom is 0.262 e. The lowest BCUT2D eigenvalue weighted by Crippen LogP contribution is -2.51. The number of hydrogen-bond donors (Lipinski definition) is 2. The van der Waals surface area contributed by atoms with Gasteiger partial charge in [-0.1, -0.05) is 25.7 Å². The van der Waals surface area contributed by atoms with Crippen molar-refractivity contribution < 1.29 is 14.3 Å². The van der Waals surface area contributed by atoms with Crippen molar-refractivity contribution in [1.29, 1.82) is 0 Å². The van der Waals surface area contributed by atoms with Crippen LogP contribution in [0.15, 0.2) is 28.9 Å². The minimum atomic E-state index is -0.462. The maximum absolute atomic E-state index is 13.1. The van der Waals surface area contributed by atoms with Gasteiger partial charge in [0.1, 0.15) is 18.3 Å². The van der Waals surface area contributed by atoms with Crippen molar-refractivity contribution in [3.63, 3.8) is 0 Å². The number of pyridine rings is 1. The van der Waals surface area contributed by atoms with Gasteiger partial charge in [-0.05, 0) is 65.7 Å². The molecule has 5 rings (SSSR count). The molecule has 1 atom stereocenters. The molecule has 182 valence electrons. The van der Waals surface area contributed by atoms with Gasteiger partial charge >= 0.3 is 0 Å². The summed E-state index contributed by atoms with van der Waals surface area (Å²) in [7, 11) is 0. The number of carbonyl (C=O) groups is 2. The van der Waals surface area contributed by atoms with Crippen molar-refractivity contribution in [3.8, 4) is 5.88 Å². The van der Waals surface area contributed by atoms with E-state index in [1.807, 2.05) is 18.2 Å². The predicted octanol–water partition coefficient (Wildman–Crippen LogP) is 4.65. The van der Waals surface area contributed by atoms with Gasteiger partial charge in [0, 0.05) is 21.6 Å². The van der Waals surface area contributed by atoms with E-state index in [0.717, 1.165) is 53.7 Å². The third-order valence-electron chi connectivity index (χ3n) is 7.09. The summed E-state index contributed by atoms with van der Waals surface area (Å²) >= 11 is 4.97. The zero-order chi connectivity index (χ0) is 23.5. The molecule has 1 aliphatic heterocycles. The lowest BCUT2D eigenvalue weighted by atomic mass is 9.92. The molecule has 2 aliphatic carbocycles. The van der Waals surface area contributed by atoms with E-state index in [0.29, 0.717) is 29.8 Å². The molecule has 2 saturated carbocycles. The molecule has 0 saturated heterocycles. The van der Waals surface area contributed by atoms with E-state index in [4.69, 9.17) is 4.74 Å². The lowest BCUT2D eigenvalue weighted by molar-refractivity contribution is -0.124. The minimum Gasteiger partial charge on any atom is -0.474 e. The number of fused-ring (bicyclic) bond motifs is 1. The zero-order valence-electron chi connectivity index (χ0n) is 19.2. The summed E-state index contributed by atoms with van der Waals surface area (Å²) in [4.78, 5) is 34.4. The Bertz CT molecular complexity index is 1030. The molecule has 0 spiro atoms. The molecule has 2 aromatic heterocycles. The van der Waals surface area contributed by atoms with Gasteiger partial charge in [0.2, 0.25) is 11.8 Å². The number of thiophene rings is 1. The van der Waals surface area contributed by atoms with E-state index >= 15 is 0 Å². The molecule has 3 aliphatic rings. The fourth-order valence-electron chi connectivity index (χ4n) is 4.96. The van der Waals surface area contributed by atoms with Gasteiger partial charge in [0.25, 0.3) is 5.91 Å². The Hall–Kier alpha value is -2.13. The first-order valence-electron chi connectivity index (χ1n) is 12.3. The predicted molar refractivity (Wildman–Crippen MR) is 136 cm³/mol. The monoisotopic (exact) mass is 546 g/mol. The van der Waals surface area contributed by atoms with Crippen LogP contribution in [0.4, 0.5) is 5.69 Å². The number of ether oxygens (including phenoxy) is 1. The molecule has 2 amide bonds. The van der Waals surface area contributed by atoms with Gasteiger partial charge in [-0.15, -0.1) is 11.3 Å². The standard InChI is InChI=1S/C25H31BrN4O3S/c26-17-13-21-25(27-14-17)33-11-10-30(21)15-19-8-9-22(34-19)24(32)29-20(12-16-4-1-2-5-16)23(31)28-18-6-3-7-18/h8-9,13-14,16,18,20H,1-7,10-12,15H2,(H,28,31)(H,29,32). The zero-order valence-corrected chi connectivity index (χ0v) is 21.6. The van der Waals surface area contributed by atoms with Crippen molar-refractivity contribution in [2.75, 3.05) is 18.1 Å². The molecule has 2 aromatic rings. The molecule has 9 heteroatoms. The van der Waals surface area contributed by atoms with Crippen molar-refractivity contribution in [3.05, 3.63) is 38.6 Å². The van der Waals surface area contributed by atoms with Crippen LogP contribution in [-0.2, 0) is 11.3 Å². The molecule has 7 nitrogen and oxygen atoms in total. The van der Waals surface area contributed by atoms with Crippen LogP contribution in [0.3, 0.4) is 0 Å². The molecule has 1 unspecified atom stereocenters. The first kappa shape index (κ1) is 23.6. The first-order chi connectivity index (χ1) is 16.5. The van der Waals surface area contributed by atoms with Crippen molar-refractivity contribution >= 4 is 44.8 Å². The van der Waals surface area contributed by atoms with E-state index in [-0.39, 0.29) is 17.9 Å². The number of nitrogens with one attached hydrogen (secondary N) is 2. The topological polar surface area (TPSA) is 83.6 Å². The SMILES string of the molecule is O=C(NC(CC1CCCC1)C(=O)NC1CCC1)c1ccc(CN2CCOc3ncc(Br)cc32)s1. The molecule has 2 N–H and O–H groups in total. The molecular weight excluding hydrogens is 516 g/mol. The summed E-state index contributed by atoms with van der Waals surface area (Å²) in [5.41, 5.74) is 0.948. The molecule has 0 bridgehead atoms. The van der Waals surface area contributed by atoms with E-state index in [9.17, 15) is 9.59 Å². The normalized spacial score (nSPS) is 19.1. The van der Waals surface area contributed by atoms with Crippen molar-refractivity contribution in [1.82, 2.24) is 15.6 Å². The highest BCUT2D eigenvalue weighted by atomic mass is 79.9. The highest BCUT2D eigenvalue weighted by Crippen LogP contribution is 2.34. The van der Waals surface area contributed by atoms with Crippen LogP contribution in [0, 0.1) is 5.92 Å². The lowest BCUT2D eigenvalue weighted by Gasteiger charge is -2.30. The first-order valence-corrected chi connectivity index (χ1v) is 13.9. The van der Waals surface area contributed by atoms with Crippen LogP contribution >= 0.6 is 27.3 Å². The molecular formula is C25H31BrN4O3S. The Morgan fingerprint density at radius 1 is 1.21 bits per heavy atom. The smallest absolute Gasteiger partial charge is 0.262 e. The van der Waals surface area contributed by atoms with Crippen LogP contribution in [0.5, 0.6) is 5.88 Å². The third kappa shape index (κ3) is 5.57. The number of amides is 2. The average molecular weight is 548 g/mol. The number of carbonyl (C=O) groups excluding carboxylic acids is 2. The Morgan fingerprint density at radius 2 is 2.03 bits per heavy atom. The second-order valence-corrected chi connectivity index (χ2v) is 11.6. The van der Waals surface area contributed by atoms with Crippen LogP contribution < -0.4 is 20.3 Å². The van der Waals surface area contributed by atoms with Gasteiger partial charge in [-0.25, -0.2) is 4.98 Å². The second-order valence-electron chi connectivity index (χ2n) is 9.56. The van der Waals surface area contributed by atoms with E-state index in [1.165, 1.54) is 30.6 Å². The number of anilines is 1. The van der Waals surface area contributed by atoms with E-state index < -0.39 is 6.04 Å². The number of hydrogen-bond acceptors (Lipinski definition) is 6. The largest absolute Gasteiger partial charge is 0.474 e. The Balaban J connectivity index is 1.24. The highest BCUT2D eigenvalue weighted by Gasteiger charge is 2.30. The summed E-state index contributed by atoms with van der Waals surface area (Å²) in [6.45, 7) is 2.02. The molecule has 2 fully saturated rings. The summed E-state index contributed by atoms with van der Waals surface area (Å²) in [5.74, 6) is 0.974. The summed E-state index contributed by atoms with van der Waals surface area (Å²) in [6, 6.07) is 5.69. The average Bonchev–Trinajstić information content (AvgIpc) is 3.48. The van der Waals surface area contributed by atoms with Crippen LogP contribution in [-0.4, -0.2) is 42.0 Å². The van der Waals surface area contributed by atoms with Gasteiger partial charge in [0.15, 0.2) is 0 Å². The quantitative estimate of drug-likeness (QED) is 0.503. The van der Waals surface area contributed by atoms with Crippen LogP contribution in [0.1, 0.15) is 65.9 Å². The minimum absolute atomic E-state index is 0.0234. The molecule has 3 heterocycles. The maximum atomic E-state index is 13.1. The number of nitrogens with zero attached hydrogens (tertiary/aromatic N) is 2. The van der Waals surface area contributed by atoms with Crippen molar-refractivity contribution in [2.24, 2.45) is 5.92 Å². The van der Waals surface area contributed by atoms with Crippen LogP contribution in [0.25, 0.3) is 0 Å². The number of rotatable bonds is 8. The Kier molecular flexibility index (Phi) is 7.39. The Labute approximate surface area is 212 Å². The van der Waals surface area contributed by atoms with E-state index in [1.54, 1.807) is 6.20 Å². The summed E-state index contributed by atoms with van der Waals surface area (Å²) in [5, 5.41) is 6.21. The van der Waals surface area contributed by atoms with Gasteiger partial charge in [-0.2, -0.15) is 0 Å². The molecule has 0 radical (unpaired) electrons.